The number of benzene rings is 1. The fraction of sp³-hybridized carbons (Fsp3) is 0.571. The Balaban J connectivity index is 1.90. The molecule has 1 saturated heterocycles. The van der Waals surface area contributed by atoms with Crippen LogP contribution in [0, 0.1) is 0 Å². The van der Waals surface area contributed by atoms with Crippen molar-refractivity contribution >= 4 is 0 Å². The summed E-state index contributed by atoms with van der Waals surface area (Å²) < 4.78 is 42.6. The number of alkyl halides is 3. The molecule has 0 N–H and O–H groups in total. The van der Waals surface area contributed by atoms with E-state index in [9.17, 15) is 13.2 Å². The van der Waals surface area contributed by atoms with Crippen molar-refractivity contribution in [2.24, 2.45) is 0 Å². The van der Waals surface area contributed by atoms with Gasteiger partial charge in [0.1, 0.15) is 0 Å². The summed E-state index contributed by atoms with van der Waals surface area (Å²) in [5.74, 6) is 0. The van der Waals surface area contributed by atoms with Crippen molar-refractivity contribution in [3.8, 4) is 0 Å². The summed E-state index contributed by atoms with van der Waals surface area (Å²) in [6.45, 7) is 2.56. The van der Waals surface area contributed by atoms with Crippen LogP contribution >= 0.6 is 0 Å². The van der Waals surface area contributed by atoms with Crippen LogP contribution in [0.5, 0.6) is 0 Å². The van der Waals surface area contributed by atoms with E-state index in [2.05, 4.69) is 4.90 Å². The Bertz CT molecular complexity index is 394. The molecule has 5 heteroatoms. The minimum atomic E-state index is -4.25. The molecule has 0 saturated carbocycles. The highest BCUT2D eigenvalue weighted by Crippen LogP contribution is 2.29. The number of hydrogen-bond donors (Lipinski definition) is 0. The average molecular weight is 273 g/mol. The second-order valence-electron chi connectivity index (χ2n) is 4.91. The predicted octanol–water partition coefficient (Wildman–Crippen LogP) is 3.32. The number of likely N-dealkylation sites (tertiary alicyclic amines) is 1. The Morgan fingerprint density at radius 3 is 2.21 bits per heavy atom. The third kappa shape index (κ3) is 3.94. The summed E-state index contributed by atoms with van der Waals surface area (Å²) in [7, 11) is 1.72. The van der Waals surface area contributed by atoms with Crippen LogP contribution in [0.3, 0.4) is 0 Å². The number of piperidine rings is 1. The van der Waals surface area contributed by atoms with Gasteiger partial charge in [0.25, 0.3) is 0 Å². The van der Waals surface area contributed by atoms with Gasteiger partial charge >= 0.3 is 6.18 Å². The first-order chi connectivity index (χ1) is 8.99. The molecule has 106 valence electrons. The lowest BCUT2D eigenvalue weighted by Crippen LogP contribution is -2.36. The van der Waals surface area contributed by atoms with Crippen molar-refractivity contribution in [2.45, 2.75) is 31.7 Å². The summed E-state index contributed by atoms with van der Waals surface area (Å²) in [5, 5.41) is 0. The number of hydrogen-bond acceptors (Lipinski definition) is 2. The van der Waals surface area contributed by atoms with E-state index in [0.29, 0.717) is 12.6 Å². The Morgan fingerprint density at radius 2 is 1.74 bits per heavy atom. The monoisotopic (exact) mass is 273 g/mol. The van der Waals surface area contributed by atoms with Gasteiger partial charge in [-0.1, -0.05) is 12.1 Å². The van der Waals surface area contributed by atoms with Crippen LogP contribution in [-0.2, 0) is 17.5 Å². The van der Waals surface area contributed by atoms with Crippen molar-refractivity contribution < 1.29 is 17.9 Å². The highest BCUT2D eigenvalue weighted by atomic mass is 19.4. The molecule has 0 atom stereocenters. The Kier molecular flexibility index (Phi) is 4.47. The smallest absolute Gasteiger partial charge is 0.381 e. The number of rotatable bonds is 3. The number of methoxy groups -OCH3 is 1. The molecule has 19 heavy (non-hydrogen) atoms. The second-order valence-corrected chi connectivity index (χ2v) is 4.91. The zero-order chi connectivity index (χ0) is 13.9. The Hall–Kier alpha value is -1.07. The highest BCUT2D eigenvalue weighted by Gasteiger charge is 2.30. The topological polar surface area (TPSA) is 12.5 Å². The van der Waals surface area contributed by atoms with Gasteiger partial charge in [-0.15, -0.1) is 0 Å². The van der Waals surface area contributed by atoms with Gasteiger partial charge in [0.15, 0.2) is 0 Å². The lowest BCUT2D eigenvalue weighted by molar-refractivity contribution is -0.137. The van der Waals surface area contributed by atoms with E-state index in [1.54, 1.807) is 19.2 Å². The molecule has 0 spiro atoms. The molecule has 0 unspecified atom stereocenters. The van der Waals surface area contributed by atoms with Gasteiger partial charge in [-0.3, -0.25) is 4.90 Å². The molecule has 1 aromatic rings. The number of nitrogens with zero attached hydrogens (tertiary/aromatic N) is 1. The molecule has 2 nitrogen and oxygen atoms in total. The zero-order valence-electron chi connectivity index (χ0n) is 10.9. The maximum atomic E-state index is 12.4. The van der Waals surface area contributed by atoms with Gasteiger partial charge in [-0.25, -0.2) is 0 Å². The predicted molar refractivity (Wildman–Crippen MR) is 66.8 cm³/mol. The Morgan fingerprint density at radius 1 is 1.16 bits per heavy atom. The van der Waals surface area contributed by atoms with Crippen molar-refractivity contribution in [3.05, 3.63) is 35.4 Å². The third-order valence-corrected chi connectivity index (χ3v) is 3.56. The fourth-order valence-corrected chi connectivity index (χ4v) is 2.36. The molecule has 0 aromatic heterocycles. The molecular formula is C14H18F3NO. The molecule has 1 fully saturated rings. The van der Waals surface area contributed by atoms with Crippen molar-refractivity contribution in [1.82, 2.24) is 4.90 Å². The summed E-state index contributed by atoms with van der Waals surface area (Å²) in [5.41, 5.74) is 0.332. The standard InChI is InChI=1S/C14H18F3NO/c1-19-13-6-8-18(9-7-13)10-11-2-4-12(5-3-11)14(15,16)17/h2-5,13H,6-10H2,1H3. The lowest BCUT2D eigenvalue weighted by Gasteiger charge is -2.31. The minimum Gasteiger partial charge on any atom is -0.381 e. The lowest BCUT2D eigenvalue weighted by atomic mass is 10.1. The van der Waals surface area contributed by atoms with Gasteiger partial charge in [-0.05, 0) is 30.5 Å². The van der Waals surface area contributed by atoms with E-state index in [-0.39, 0.29) is 0 Å². The molecule has 0 bridgehead atoms. The molecule has 1 heterocycles. The first kappa shape index (κ1) is 14.3. The third-order valence-electron chi connectivity index (χ3n) is 3.56. The second kappa shape index (κ2) is 5.92. The number of ether oxygens (including phenoxy) is 1. The quantitative estimate of drug-likeness (QED) is 0.837. The van der Waals surface area contributed by atoms with E-state index in [0.717, 1.165) is 43.6 Å². The largest absolute Gasteiger partial charge is 0.416 e. The maximum Gasteiger partial charge on any atom is 0.416 e. The van der Waals surface area contributed by atoms with Gasteiger partial charge in [0, 0.05) is 26.7 Å². The summed E-state index contributed by atoms with van der Waals surface area (Å²) in [4.78, 5) is 2.25. The van der Waals surface area contributed by atoms with Crippen LogP contribution in [0.25, 0.3) is 0 Å². The van der Waals surface area contributed by atoms with Gasteiger partial charge < -0.3 is 4.74 Å². The molecule has 2 rings (SSSR count). The maximum absolute atomic E-state index is 12.4. The van der Waals surface area contributed by atoms with E-state index in [4.69, 9.17) is 4.74 Å². The summed E-state index contributed by atoms with van der Waals surface area (Å²) in [6.07, 6.45) is -1.97. The van der Waals surface area contributed by atoms with E-state index in [1.165, 1.54) is 0 Å². The van der Waals surface area contributed by atoms with Crippen LogP contribution in [0.1, 0.15) is 24.0 Å². The molecule has 1 aromatic carbocycles. The van der Waals surface area contributed by atoms with E-state index >= 15 is 0 Å². The molecule has 0 amide bonds. The van der Waals surface area contributed by atoms with Crippen LogP contribution < -0.4 is 0 Å². The SMILES string of the molecule is COC1CCN(Cc2ccc(C(F)(F)F)cc2)CC1. The molecule has 1 aliphatic rings. The summed E-state index contributed by atoms with van der Waals surface area (Å²) in [6, 6.07) is 5.42. The van der Waals surface area contributed by atoms with Crippen molar-refractivity contribution in [2.75, 3.05) is 20.2 Å². The first-order valence-electron chi connectivity index (χ1n) is 6.40. The highest BCUT2D eigenvalue weighted by molar-refractivity contribution is 5.24. The van der Waals surface area contributed by atoms with Crippen LogP contribution in [0.4, 0.5) is 13.2 Å². The molecule has 0 radical (unpaired) electrons. The van der Waals surface area contributed by atoms with Gasteiger partial charge in [-0.2, -0.15) is 13.2 Å². The van der Waals surface area contributed by atoms with Crippen LogP contribution in [0.2, 0.25) is 0 Å². The minimum absolute atomic E-state index is 0.323. The Labute approximate surface area is 111 Å². The van der Waals surface area contributed by atoms with E-state index in [1.807, 2.05) is 0 Å². The average Bonchev–Trinajstić information content (AvgIpc) is 2.39. The van der Waals surface area contributed by atoms with Crippen molar-refractivity contribution in [3.63, 3.8) is 0 Å². The normalized spacial score (nSPS) is 18.7. The first-order valence-corrected chi connectivity index (χ1v) is 6.40. The van der Waals surface area contributed by atoms with Crippen LogP contribution in [0.15, 0.2) is 24.3 Å². The van der Waals surface area contributed by atoms with Gasteiger partial charge in [0.05, 0.1) is 11.7 Å². The molecule has 0 aliphatic carbocycles. The summed E-state index contributed by atoms with van der Waals surface area (Å²) >= 11 is 0. The van der Waals surface area contributed by atoms with Crippen LogP contribution in [-0.4, -0.2) is 31.2 Å². The number of halogens is 3. The van der Waals surface area contributed by atoms with E-state index < -0.39 is 11.7 Å². The fourth-order valence-electron chi connectivity index (χ4n) is 2.36. The zero-order valence-corrected chi connectivity index (χ0v) is 10.9. The molecule has 1 aliphatic heterocycles. The van der Waals surface area contributed by atoms with Crippen molar-refractivity contribution in [1.29, 1.82) is 0 Å². The van der Waals surface area contributed by atoms with Gasteiger partial charge in [0.2, 0.25) is 0 Å². The molecular weight excluding hydrogens is 255 g/mol.